The summed E-state index contributed by atoms with van der Waals surface area (Å²) in [6, 6.07) is 16.4. The number of thioether (sulfide) groups is 1. The average Bonchev–Trinajstić information content (AvgIpc) is 3.11. The molecule has 0 saturated carbocycles. The van der Waals surface area contributed by atoms with Crippen LogP contribution in [0.4, 0.5) is 4.39 Å². The molecule has 0 radical (unpaired) electrons. The van der Waals surface area contributed by atoms with Crippen molar-refractivity contribution in [1.82, 2.24) is 15.1 Å². The van der Waals surface area contributed by atoms with E-state index in [-0.39, 0.29) is 11.7 Å². The average molecular weight is 355 g/mol. The minimum Gasteiger partial charge on any atom is -0.352 e. The number of hydrogen-bond acceptors (Lipinski definition) is 3. The van der Waals surface area contributed by atoms with Crippen LogP contribution in [-0.4, -0.2) is 21.4 Å². The van der Waals surface area contributed by atoms with E-state index in [9.17, 15) is 9.18 Å². The number of nitrogens with one attached hydrogen (secondary N) is 1. The van der Waals surface area contributed by atoms with Gasteiger partial charge in [0.15, 0.2) is 0 Å². The quantitative estimate of drug-likeness (QED) is 0.656. The summed E-state index contributed by atoms with van der Waals surface area (Å²) in [4.78, 5) is 12.5. The molecule has 0 spiro atoms. The Morgan fingerprint density at radius 3 is 2.68 bits per heavy atom. The van der Waals surface area contributed by atoms with E-state index in [0.29, 0.717) is 23.6 Å². The van der Waals surface area contributed by atoms with E-state index in [0.717, 1.165) is 11.3 Å². The minimum atomic E-state index is -0.249. The highest BCUT2D eigenvalue weighted by molar-refractivity contribution is 7.99. The van der Waals surface area contributed by atoms with Crippen LogP contribution in [0.5, 0.6) is 0 Å². The molecular formula is C19H18FN3OS. The van der Waals surface area contributed by atoms with Crippen LogP contribution in [0, 0.1) is 5.82 Å². The topological polar surface area (TPSA) is 46.9 Å². The first-order chi connectivity index (χ1) is 12.2. The van der Waals surface area contributed by atoms with Gasteiger partial charge in [0.05, 0.1) is 11.9 Å². The minimum absolute atomic E-state index is 0.0590. The van der Waals surface area contributed by atoms with E-state index >= 15 is 0 Å². The third-order valence-corrected chi connectivity index (χ3v) is 4.62. The number of carbonyl (C=O) groups excluding carboxylic acids is 1. The van der Waals surface area contributed by atoms with Gasteiger partial charge in [0, 0.05) is 35.4 Å². The van der Waals surface area contributed by atoms with Gasteiger partial charge in [-0.3, -0.25) is 4.79 Å². The van der Waals surface area contributed by atoms with Gasteiger partial charge in [0.25, 0.3) is 0 Å². The molecule has 0 saturated heterocycles. The van der Waals surface area contributed by atoms with Gasteiger partial charge in [-0.15, -0.1) is 11.8 Å². The molecule has 1 N–H and O–H groups in total. The Morgan fingerprint density at radius 1 is 1.12 bits per heavy atom. The molecule has 0 aliphatic carbocycles. The highest BCUT2D eigenvalue weighted by atomic mass is 32.2. The van der Waals surface area contributed by atoms with Crippen molar-refractivity contribution in [2.75, 3.05) is 5.75 Å². The zero-order chi connectivity index (χ0) is 17.5. The second kappa shape index (κ2) is 8.48. The summed E-state index contributed by atoms with van der Waals surface area (Å²) in [6.45, 7) is 0.427. The maximum absolute atomic E-state index is 13.5. The lowest BCUT2D eigenvalue weighted by Crippen LogP contribution is -2.22. The lowest BCUT2D eigenvalue weighted by atomic mass is 10.3. The van der Waals surface area contributed by atoms with Crippen LogP contribution in [0.3, 0.4) is 0 Å². The van der Waals surface area contributed by atoms with Crippen LogP contribution < -0.4 is 5.32 Å². The summed E-state index contributed by atoms with van der Waals surface area (Å²) in [6.07, 6.45) is 3.97. The van der Waals surface area contributed by atoms with Gasteiger partial charge in [0.1, 0.15) is 5.82 Å². The first kappa shape index (κ1) is 17.2. The number of halogens is 1. The third kappa shape index (κ3) is 4.93. The largest absolute Gasteiger partial charge is 0.352 e. The van der Waals surface area contributed by atoms with Crippen molar-refractivity contribution in [3.8, 4) is 5.69 Å². The highest BCUT2D eigenvalue weighted by Crippen LogP contribution is 2.21. The second-order valence-corrected chi connectivity index (χ2v) is 6.57. The first-order valence-electron chi connectivity index (χ1n) is 7.95. The van der Waals surface area contributed by atoms with Crippen molar-refractivity contribution in [3.05, 3.63) is 78.4 Å². The van der Waals surface area contributed by atoms with Gasteiger partial charge in [0.2, 0.25) is 5.91 Å². The molecule has 0 bridgehead atoms. The molecule has 0 aliphatic rings. The predicted octanol–water partition coefficient (Wildman–Crippen LogP) is 3.81. The normalized spacial score (nSPS) is 10.6. The van der Waals surface area contributed by atoms with Crippen molar-refractivity contribution in [3.63, 3.8) is 0 Å². The van der Waals surface area contributed by atoms with Crippen LogP contribution in [0.2, 0.25) is 0 Å². The number of amides is 1. The molecule has 6 heteroatoms. The lowest BCUT2D eigenvalue weighted by molar-refractivity contribution is -0.120. The third-order valence-electron chi connectivity index (χ3n) is 3.57. The summed E-state index contributed by atoms with van der Waals surface area (Å²) in [5, 5.41) is 7.16. The second-order valence-electron chi connectivity index (χ2n) is 5.43. The molecule has 0 unspecified atom stereocenters. The number of para-hydroxylation sites is 1. The molecule has 1 aromatic heterocycles. The summed E-state index contributed by atoms with van der Waals surface area (Å²) in [5.41, 5.74) is 1.90. The highest BCUT2D eigenvalue weighted by Gasteiger charge is 2.06. The van der Waals surface area contributed by atoms with Crippen molar-refractivity contribution in [1.29, 1.82) is 0 Å². The van der Waals surface area contributed by atoms with Crippen LogP contribution >= 0.6 is 11.8 Å². The summed E-state index contributed by atoms with van der Waals surface area (Å²) < 4.78 is 15.3. The van der Waals surface area contributed by atoms with E-state index in [1.165, 1.54) is 17.8 Å². The summed E-state index contributed by atoms with van der Waals surface area (Å²) in [7, 11) is 0. The molecule has 1 amide bonds. The van der Waals surface area contributed by atoms with E-state index in [4.69, 9.17) is 0 Å². The standard InChI is InChI=1S/C19H18FN3OS/c20-17-8-4-5-9-18(17)25-11-10-19(24)21-12-15-13-22-23(14-15)16-6-2-1-3-7-16/h1-9,13-14H,10-12H2,(H,21,24). The zero-order valence-electron chi connectivity index (χ0n) is 13.6. The summed E-state index contributed by atoms with van der Waals surface area (Å²) in [5.74, 6) is 0.230. The Bertz CT molecular complexity index is 835. The molecule has 3 aromatic rings. The van der Waals surface area contributed by atoms with Gasteiger partial charge < -0.3 is 5.32 Å². The fraction of sp³-hybridized carbons (Fsp3) is 0.158. The van der Waals surface area contributed by atoms with Crippen LogP contribution in [0.1, 0.15) is 12.0 Å². The smallest absolute Gasteiger partial charge is 0.221 e. The van der Waals surface area contributed by atoms with E-state index < -0.39 is 0 Å². The van der Waals surface area contributed by atoms with Crippen molar-refractivity contribution in [2.24, 2.45) is 0 Å². The molecule has 4 nitrogen and oxygen atoms in total. The maximum Gasteiger partial charge on any atom is 0.221 e. The molecule has 1 heterocycles. The molecule has 0 aliphatic heterocycles. The van der Waals surface area contributed by atoms with E-state index in [1.54, 1.807) is 29.1 Å². The van der Waals surface area contributed by atoms with Gasteiger partial charge in [-0.25, -0.2) is 9.07 Å². The number of aromatic nitrogens is 2. The Kier molecular flexibility index (Phi) is 5.85. The monoisotopic (exact) mass is 355 g/mol. The zero-order valence-corrected chi connectivity index (χ0v) is 14.4. The van der Waals surface area contributed by atoms with Gasteiger partial charge in [-0.2, -0.15) is 5.10 Å². The Hall–Kier alpha value is -2.60. The van der Waals surface area contributed by atoms with Crippen molar-refractivity contribution in [2.45, 2.75) is 17.9 Å². The SMILES string of the molecule is O=C(CCSc1ccccc1F)NCc1cnn(-c2ccccc2)c1. The van der Waals surface area contributed by atoms with Crippen LogP contribution in [-0.2, 0) is 11.3 Å². The Morgan fingerprint density at radius 2 is 1.88 bits per heavy atom. The Labute approximate surface area is 150 Å². The number of nitrogens with zero attached hydrogens (tertiary/aromatic N) is 2. The van der Waals surface area contributed by atoms with E-state index in [2.05, 4.69) is 10.4 Å². The molecule has 3 rings (SSSR count). The number of benzene rings is 2. The van der Waals surface area contributed by atoms with Crippen molar-refractivity contribution < 1.29 is 9.18 Å². The Balaban J connectivity index is 1.44. The first-order valence-corrected chi connectivity index (χ1v) is 8.94. The van der Waals surface area contributed by atoms with E-state index in [1.807, 2.05) is 36.5 Å². The molecule has 128 valence electrons. The number of carbonyl (C=O) groups is 1. The van der Waals surface area contributed by atoms with Crippen LogP contribution in [0.25, 0.3) is 5.69 Å². The fourth-order valence-corrected chi connectivity index (χ4v) is 3.17. The van der Waals surface area contributed by atoms with Gasteiger partial charge in [-0.05, 0) is 24.3 Å². The predicted molar refractivity (Wildman–Crippen MR) is 97.2 cm³/mol. The molecule has 0 atom stereocenters. The van der Waals surface area contributed by atoms with Crippen LogP contribution in [0.15, 0.2) is 71.9 Å². The van der Waals surface area contributed by atoms with Gasteiger partial charge >= 0.3 is 0 Å². The maximum atomic E-state index is 13.5. The number of rotatable bonds is 7. The van der Waals surface area contributed by atoms with Crippen molar-refractivity contribution >= 4 is 17.7 Å². The molecule has 25 heavy (non-hydrogen) atoms. The molecular weight excluding hydrogens is 337 g/mol. The molecule has 0 fully saturated rings. The fourth-order valence-electron chi connectivity index (χ4n) is 2.28. The van der Waals surface area contributed by atoms with Gasteiger partial charge in [-0.1, -0.05) is 30.3 Å². The molecule has 2 aromatic carbocycles. The summed E-state index contributed by atoms with van der Waals surface area (Å²) >= 11 is 1.35. The lowest BCUT2D eigenvalue weighted by Gasteiger charge is -2.04. The number of hydrogen-bond donors (Lipinski definition) is 1.